The van der Waals surface area contributed by atoms with E-state index < -0.39 is 28.6 Å². The number of aliphatic hydroxyl groups is 1. The van der Waals surface area contributed by atoms with Crippen molar-refractivity contribution < 1.29 is 24.4 Å². The van der Waals surface area contributed by atoms with E-state index in [-0.39, 0.29) is 22.5 Å². The fourth-order valence-electron chi connectivity index (χ4n) is 2.82. The predicted molar refractivity (Wildman–Crippen MR) is 87.6 cm³/mol. The minimum absolute atomic E-state index is 0.00921. The van der Waals surface area contributed by atoms with Gasteiger partial charge in [0.25, 0.3) is 11.6 Å². The van der Waals surface area contributed by atoms with Crippen molar-refractivity contribution in [3.8, 4) is 5.75 Å². The van der Waals surface area contributed by atoms with Gasteiger partial charge in [0.1, 0.15) is 5.75 Å². The molecule has 2 aromatic carbocycles. The van der Waals surface area contributed by atoms with E-state index in [1.54, 1.807) is 18.2 Å². The van der Waals surface area contributed by atoms with E-state index in [4.69, 9.17) is 4.74 Å². The number of methoxy groups -OCH3 is 1. The summed E-state index contributed by atoms with van der Waals surface area (Å²) in [5, 5.41) is 24.2. The number of nitro benzene ring substituents is 1. The average molecular weight is 342 g/mol. The first kappa shape index (κ1) is 16.6. The van der Waals surface area contributed by atoms with Crippen molar-refractivity contribution in [1.29, 1.82) is 0 Å². The fraction of sp³-hybridized carbons (Fsp3) is 0.176. The maximum Gasteiger partial charge on any atom is 0.269 e. The summed E-state index contributed by atoms with van der Waals surface area (Å²) < 4.78 is 5.12. The molecule has 1 aliphatic rings. The van der Waals surface area contributed by atoms with E-state index in [1.807, 2.05) is 0 Å². The van der Waals surface area contributed by atoms with Gasteiger partial charge in [0.2, 0.25) is 0 Å². The SMILES string of the molecule is COc1ccccc1C(=O)C[C@@]1(O)C(=O)Nc2ccc([N+](=O)[O-])cc21. The Hall–Kier alpha value is -3.26. The lowest BCUT2D eigenvalue weighted by Crippen LogP contribution is -2.36. The van der Waals surface area contributed by atoms with Crippen LogP contribution in [0, 0.1) is 10.1 Å². The number of nitro groups is 1. The number of anilines is 1. The number of carbonyl (C=O) groups is 2. The topological polar surface area (TPSA) is 119 Å². The Bertz CT molecular complexity index is 894. The van der Waals surface area contributed by atoms with Crippen molar-refractivity contribution in [3.63, 3.8) is 0 Å². The molecule has 0 aliphatic carbocycles. The number of fused-ring (bicyclic) bond motifs is 1. The maximum absolute atomic E-state index is 12.6. The van der Waals surface area contributed by atoms with Crippen LogP contribution < -0.4 is 10.1 Å². The molecular weight excluding hydrogens is 328 g/mol. The van der Waals surface area contributed by atoms with E-state index in [1.165, 1.54) is 25.3 Å². The highest BCUT2D eigenvalue weighted by Crippen LogP contribution is 2.41. The van der Waals surface area contributed by atoms with Crippen LogP contribution in [0.4, 0.5) is 11.4 Å². The smallest absolute Gasteiger partial charge is 0.269 e. The molecule has 1 heterocycles. The molecule has 0 unspecified atom stereocenters. The standard InChI is InChI=1S/C17H14N2O6/c1-25-15-5-3-2-4-11(15)14(20)9-17(22)12-8-10(19(23)24)6-7-13(12)18-16(17)21/h2-8,22H,9H2,1H3,(H,18,21)/t17-/m0/s1. The summed E-state index contributed by atoms with van der Waals surface area (Å²) in [6.07, 6.45) is -0.562. The third-order valence-corrected chi connectivity index (χ3v) is 4.11. The van der Waals surface area contributed by atoms with Crippen molar-refractivity contribution in [2.24, 2.45) is 0 Å². The molecule has 0 radical (unpaired) electrons. The van der Waals surface area contributed by atoms with Crippen molar-refractivity contribution in [2.45, 2.75) is 12.0 Å². The molecular formula is C17H14N2O6. The molecule has 0 aromatic heterocycles. The van der Waals surface area contributed by atoms with E-state index in [0.29, 0.717) is 5.75 Å². The third kappa shape index (κ3) is 2.72. The number of para-hydroxylation sites is 1. The Morgan fingerprint density at radius 1 is 1.32 bits per heavy atom. The number of Topliss-reactive ketones (excluding diaryl/α,β-unsaturated/α-hetero) is 1. The highest BCUT2D eigenvalue weighted by atomic mass is 16.6. The minimum atomic E-state index is -2.18. The van der Waals surface area contributed by atoms with Crippen molar-refractivity contribution >= 4 is 23.1 Å². The summed E-state index contributed by atoms with van der Waals surface area (Å²) in [5.74, 6) is -1.01. The minimum Gasteiger partial charge on any atom is -0.496 e. The Kier molecular flexibility index (Phi) is 3.97. The quantitative estimate of drug-likeness (QED) is 0.487. The van der Waals surface area contributed by atoms with Gasteiger partial charge in [-0.05, 0) is 18.2 Å². The largest absolute Gasteiger partial charge is 0.496 e. The molecule has 25 heavy (non-hydrogen) atoms. The molecule has 1 atom stereocenters. The number of ether oxygens (including phenoxy) is 1. The van der Waals surface area contributed by atoms with Gasteiger partial charge in [-0.1, -0.05) is 12.1 Å². The first-order valence-corrected chi connectivity index (χ1v) is 7.36. The molecule has 2 aromatic rings. The summed E-state index contributed by atoms with van der Waals surface area (Å²) in [7, 11) is 1.40. The van der Waals surface area contributed by atoms with E-state index in [9.17, 15) is 24.8 Å². The first-order valence-electron chi connectivity index (χ1n) is 7.36. The number of ketones is 1. The summed E-state index contributed by atoms with van der Waals surface area (Å²) in [4.78, 5) is 35.2. The van der Waals surface area contributed by atoms with Gasteiger partial charge >= 0.3 is 0 Å². The molecule has 8 heteroatoms. The van der Waals surface area contributed by atoms with Crippen molar-refractivity contribution in [3.05, 3.63) is 63.7 Å². The zero-order valence-electron chi connectivity index (χ0n) is 13.2. The molecule has 0 saturated carbocycles. The van der Waals surface area contributed by atoms with Crippen LogP contribution in [0.2, 0.25) is 0 Å². The number of benzene rings is 2. The normalized spacial score (nSPS) is 18.4. The summed E-state index contributed by atoms with van der Waals surface area (Å²) >= 11 is 0. The number of rotatable bonds is 5. The summed E-state index contributed by atoms with van der Waals surface area (Å²) in [5.41, 5.74) is -2.00. The molecule has 1 amide bonds. The number of hydrogen-bond acceptors (Lipinski definition) is 6. The van der Waals surface area contributed by atoms with Crippen LogP contribution in [0.5, 0.6) is 5.75 Å². The Balaban J connectivity index is 2.00. The number of carbonyl (C=O) groups excluding carboxylic acids is 2. The van der Waals surface area contributed by atoms with Gasteiger partial charge in [0, 0.05) is 23.4 Å². The highest BCUT2D eigenvalue weighted by Gasteiger charge is 2.47. The van der Waals surface area contributed by atoms with E-state index in [0.717, 1.165) is 6.07 Å². The lowest BCUT2D eigenvalue weighted by molar-refractivity contribution is -0.385. The van der Waals surface area contributed by atoms with E-state index in [2.05, 4.69) is 5.32 Å². The molecule has 0 saturated heterocycles. The van der Waals surface area contributed by atoms with Gasteiger partial charge in [-0.2, -0.15) is 0 Å². The second-order valence-corrected chi connectivity index (χ2v) is 5.60. The highest BCUT2D eigenvalue weighted by molar-refractivity contribution is 6.10. The first-order chi connectivity index (χ1) is 11.9. The molecule has 0 bridgehead atoms. The molecule has 2 N–H and O–H groups in total. The van der Waals surface area contributed by atoms with Gasteiger partial charge in [-0.3, -0.25) is 19.7 Å². The van der Waals surface area contributed by atoms with Crippen LogP contribution in [0.15, 0.2) is 42.5 Å². The average Bonchev–Trinajstić information content (AvgIpc) is 2.85. The van der Waals surface area contributed by atoms with Crippen LogP contribution in [0.3, 0.4) is 0 Å². The lowest BCUT2D eigenvalue weighted by Gasteiger charge is -2.20. The molecule has 0 spiro atoms. The Morgan fingerprint density at radius 2 is 2.04 bits per heavy atom. The zero-order valence-corrected chi connectivity index (χ0v) is 13.2. The van der Waals surface area contributed by atoms with Crippen molar-refractivity contribution in [2.75, 3.05) is 12.4 Å². The molecule has 3 rings (SSSR count). The fourth-order valence-corrected chi connectivity index (χ4v) is 2.82. The van der Waals surface area contributed by atoms with Crippen molar-refractivity contribution in [1.82, 2.24) is 0 Å². The lowest BCUT2D eigenvalue weighted by atomic mass is 9.87. The van der Waals surface area contributed by atoms with Crippen LogP contribution >= 0.6 is 0 Å². The monoisotopic (exact) mass is 342 g/mol. The van der Waals surface area contributed by atoms with Gasteiger partial charge in [0.05, 0.1) is 24.0 Å². The van der Waals surface area contributed by atoms with Crippen LogP contribution in [-0.2, 0) is 10.4 Å². The molecule has 8 nitrogen and oxygen atoms in total. The van der Waals surface area contributed by atoms with Gasteiger partial charge in [-0.25, -0.2) is 0 Å². The number of nitrogens with one attached hydrogen (secondary N) is 1. The molecule has 0 fully saturated rings. The second-order valence-electron chi connectivity index (χ2n) is 5.60. The van der Waals surface area contributed by atoms with Gasteiger partial charge in [-0.15, -0.1) is 0 Å². The van der Waals surface area contributed by atoms with Crippen LogP contribution in [-0.4, -0.2) is 28.8 Å². The molecule has 1 aliphatic heterocycles. The van der Waals surface area contributed by atoms with Gasteiger partial charge < -0.3 is 15.2 Å². The van der Waals surface area contributed by atoms with Crippen LogP contribution in [0.1, 0.15) is 22.3 Å². The Morgan fingerprint density at radius 3 is 2.72 bits per heavy atom. The summed E-state index contributed by atoms with van der Waals surface area (Å²) in [6, 6.07) is 10.1. The number of hydrogen-bond donors (Lipinski definition) is 2. The third-order valence-electron chi connectivity index (χ3n) is 4.11. The second kappa shape index (κ2) is 5.99. The molecule has 128 valence electrons. The van der Waals surface area contributed by atoms with Gasteiger partial charge in [0.15, 0.2) is 11.4 Å². The van der Waals surface area contributed by atoms with E-state index >= 15 is 0 Å². The van der Waals surface area contributed by atoms with Crippen LogP contribution in [0.25, 0.3) is 0 Å². The zero-order chi connectivity index (χ0) is 18.2. The number of nitrogens with zero attached hydrogens (tertiary/aromatic N) is 1. The maximum atomic E-state index is 12.6. The number of non-ortho nitro benzene ring substituents is 1. The predicted octanol–water partition coefficient (Wildman–Crippen LogP) is 2.02. The number of amides is 1. The Labute approximate surface area is 142 Å². The summed E-state index contributed by atoms with van der Waals surface area (Å²) in [6.45, 7) is 0.